The van der Waals surface area contributed by atoms with Crippen molar-refractivity contribution in [3.8, 4) is 11.5 Å². The lowest BCUT2D eigenvalue weighted by molar-refractivity contribution is 0.120. The molecule has 2 rings (SSSR count). The van der Waals surface area contributed by atoms with E-state index in [4.69, 9.17) is 9.47 Å². The lowest BCUT2D eigenvalue weighted by Gasteiger charge is -2.09. The van der Waals surface area contributed by atoms with Crippen LogP contribution in [0.15, 0.2) is 73.8 Å². The molecule has 21 heavy (non-hydrogen) atoms. The van der Waals surface area contributed by atoms with Crippen LogP contribution < -0.4 is 9.47 Å². The van der Waals surface area contributed by atoms with E-state index in [2.05, 4.69) is 13.2 Å². The molecule has 0 unspecified atom stereocenters. The summed E-state index contributed by atoms with van der Waals surface area (Å²) in [6.45, 7) is 7.64. The van der Waals surface area contributed by atoms with Crippen molar-refractivity contribution >= 4 is 0 Å². The zero-order valence-corrected chi connectivity index (χ0v) is 12.1. The third-order valence-corrected chi connectivity index (χ3v) is 3.06. The van der Waals surface area contributed by atoms with Gasteiger partial charge in [-0.15, -0.1) is 13.2 Å². The molecule has 0 saturated heterocycles. The second-order valence-electron chi connectivity index (χ2n) is 4.68. The highest BCUT2D eigenvalue weighted by Gasteiger charge is 1.97. The quantitative estimate of drug-likeness (QED) is 0.521. The Kier molecular flexibility index (Phi) is 5.65. The van der Waals surface area contributed by atoms with E-state index in [0.717, 1.165) is 24.3 Å². The van der Waals surface area contributed by atoms with Gasteiger partial charge >= 0.3 is 0 Å². The summed E-state index contributed by atoms with van der Waals surface area (Å²) in [7, 11) is 0. The molecule has 2 heteroatoms. The molecule has 0 N–H and O–H groups in total. The van der Waals surface area contributed by atoms with Gasteiger partial charge in [0.2, 0.25) is 6.79 Å². The van der Waals surface area contributed by atoms with Crippen molar-refractivity contribution in [3.05, 3.63) is 85.0 Å². The van der Waals surface area contributed by atoms with Gasteiger partial charge in [0.15, 0.2) is 0 Å². The number of ether oxygens (including phenoxy) is 2. The highest BCUT2D eigenvalue weighted by Crippen LogP contribution is 2.15. The minimum atomic E-state index is 0.196. The van der Waals surface area contributed by atoms with Crippen LogP contribution in [-0.4, -0.2) is 6.79 Å². The molecular formula is C19H20O2. The molecule has 0 spiro atoms. The van der Waals surface area contributed by atoms with Crippen molar-refractivity contribution in [1.29, 1.82) is 0 Å². The topological polar surface area (TPSA) is 18.5 Å². The molecule has 2 aromatic carbocycles. The summed E-state index contributed by atoms with van der Waals surface area (Å²) in [5.74, 6) is 1.59. The molecule has 2 aromatic rings. The molecule has 0 saturated carbocycles. The maximum Gasteiger partial charge on any atom is 0.230 e. The van der Waals surface area contributed by atoms with Crippen molar-refractivity contribution in [2.24, 2.45) is 0 Å². The van der Waals surface area contributed by atoms with Crippen LogP contribution in [-0.2, 0) is 12.8 Å². The minimum absolute atomic E-state index is 0.196. The Morgan fingerprint density at radius 2 is 1.05 bits per heavy atom. The van der Waals surface area contributed by atoms with Crippen LogP contribution >= 0.6 is 0 Å². The predicted molar refractivity (Wildman–Crippen MR) is 86.8 cm³/mol. The molecule has 0 bridgehead atoms. The van der Waals surface area contributed by atoms with Crippen molar-refractivity contribution in [2.75, 3.05) is 6.79 Å². The second kappa shape index (κ2) is 7.95. The maximum absolute atomic E-state index is 5.56. The standard InChI is InChI=1S/C19H20O2/c1-3-5-16-7-11-18(12-8-16)20-15-21-19-13-9-17(6-4-2)10-14-19/h3-4,7-14H,1-2,5-6,15H2. The van der Waals surface area contributed by atoms with E-state index in [-0.39, 0.29) is 6.79 Å². The van der Waals surface area contributed by atoms with Crippen LogP contribution in [0.25, 0.3) is 0 Å². The largest absolute Gasteiger partial charge is 0.458 e. The van der Waals surface area contributed by atoms with E-state index in [1.54, 1.807) is 0 Å². The van der Waals surface area contributed by atoms with Crippen molar-refractivity contribution in [2.45, 2.75) is 12.8 Å². The van der Waals surface area contributed by atoms with E-state index in [0.29, 0.717) is 0 Å². The highest BCUT2D eigenvalue weighted by atomic mass is 16.7. The summed E-state index contributed by atoms with van der Waals surface area (Å²) >= 11 is 0. The number of hydrogen-bond donors (Lipinski definition) is 0. The van der Waals surface area contributed by atoms with Gasteiger partial charge in [-0.25, -0.2) is 0 Å². The summed E-state index contributed by atoms with van der Waals surface area (Å²) in [5.41, 5.74) is 2.44. The van der Waals surface area contributed by atoms with Gasteiger partial charge in [-0.2, -0.15) is 0 Å². The molecule has 0 aromatic heterocycles. The Morgan fingerprint density at radius 1 is 0.667 bits per heavy atom. The van der Waals surface area contributed by atoms with Gasteiger partial charge in [-0.3, -0.25) is 0 Å². The first-order valence-corrected chi connectivity index (χ1v) is 6.97. The first-order valence-electron chi connectivity index (χ1n) is 6.97. The lowest BCUT2D eigenvalue weighted by Crippen LogP contribution is -2.05. The van der Waals surface area contributed by atoms with Crippen LogP contribution in [0.5, 0.6) is 11.5 Å². The van der Waals surface area contributed by atoms with E-state index in [1.807, 2.05) is 60.7 Å². The van der Waals surface area contributed by atoms with Crippen LogP contribution in [0, 0.1) is 0 Å². The molecule has 0 fully saturated rings. The summed E-state index contributed by atoms with van der Waals surface area (Å²) in [4.78, 5) is 0. The third-order valence-electron chi connectivity index (χ3n) is 3.06. The average Bonchev–Trinajstić information content (AvgIpc) is 2.51. The normalized spacial score (nSPS) is 9.90. The van der Waals surface area contributed by atoms with Crippen molar-refractivity contribution in [3.63, 3.8) is 0 Å². The number of allylic oxidation sites excluding steroid dienone is 2. The predicted octanol–water partition coefficient (Wildman–Crippen LogP) is 4.56. The molecule has 0 heterocycles. The second-order valence-corrected chi connectivity index (χ2v) is 4.68. The van der Waals surface area contributed by atoms with Crippen molar-refractivity contribution < 1.29 is 9.47 Å². The Hall–Kier alpha value is -2.48. The summed E-state index contributed by atoms with van der Waals surface area (Å²) in [6, 6.07) is 15.9. The Balaban J connectivity index is 1.80. The molecule has 108 valence electrons. The van der Waals surface area contributed by atoms with E-state index < -0.39 is 0 Å². The molecule has 0 amide bonds. The molecule has 0 aliphatic rings. The van der Waals surface area contributed by atoms with Crippen LogP contribution in [0.2, 0.25) is 0 Å². The minimum Gasteiger partial charge on any atom is -0.458 e. The molecule has 2 nitrogen and oxygen atoms in total. The van der Waals surface area contributed by atoms with Gasteiger partial charge in [0, 0.05) is 0 Å². The third kappa shape index (κ3) is 4.84. The zero-order chi connectivity index (χ0) is 14.9. The van der Waals surface area contributed by atoms with Crippen LogP contribution in [0.1, 0.15) is 11.1 Å². The van der Waals surface area contributed by atoms with Gasteiger partial charge in [0.1, 0.15) is 11.5 Å². The van der Waals surface area contributed by atoms with Gasteiger partial charge < -0.3 is 9.47 Å². The van der Waals surface area contributed by atoms with Gasteiger partial charge in [0.25, 0.3) is 0 Å². The highest BCUT2D eigenvalue weighted by molar-refractivity contribution is 5.29. The zero-order valence-electron chi connectivity index (χ0n) is 12.1. The Morgan fingerprint density at radius 3 is 1.38 bits per heavy atom. The van der Waals surface area contributed by atoms with Crippen LogP contribution in [0.3, 0.4) is 0 Å². The molecular weight excluding hydrogens is 260 g/mol. The first kappa shape index (κ1) is 14.9. The average molecular weight is 280 g/mol. The maximum atomic E-state index is 5.56. The molecule has 0 aliphatic heterocycles. The monoisotopic (exact) mass is 280 g/mol. The van der Waals surface area contributed by atoms with Gasteiger partial charge in [-0.1, -0.05) is 36.4 Å². The van der Waals surface area contributed by atoms with Gasteiger partial charge in [-0.05, 0) is 48.2 Å². The Bertz CT molecular complexity index is 514. The van der Waals surface area contributed by atoms with Gasteiger partial charge in [0.05, 0.1) is 0 Å². The van der Waals surface area contributed by atoms with E-state index in [9.17, 15) is 0 Å². The number of rotatable bonds is 8. The lowest BCUT2D eigenvalue weighted by atomic mass is 10.1. The van der Waals surface area contributed by atoms with Crippen LogP contribution in [0.4, 0.5) is 0 Å². The first-order chi connectivity index (χ1) is 10.3. The Labute approximate surface area is 126 Å². The SMILES string of the molecule is C=CCc1ccc(OCOc2ccc(CC=C)cc2)cc1. The van der Waals surface area contributed by atoms with E-state index in [1.165, 1.54) is 11.1 Å². The summed E-state index contributed by atoms with van der Waals surface area (Å²) in [5, 5.41) is 0. The fourth-order valence-electron chi connectivity index (χ4n) is 1.94. The number of hydrogen-bond acceptors (Lipinski definition) is 2. The summed E-state index contributed by atoms with van der Waals surface area (Å²) < 4.78 is 11.1. The number of benzene rings is 2. The molecule has 0 radical (unpaired) electrons. The molecule has 0 aliphatic carbocycles. The van der Waals surface area contributed by atoms with E-state index >= 15 is 0 Å². The summed E-state index contributed by atoms with van der Waals surface area (Å²) in [6.07, 6.45) is 5.51. The fourth-order valence-corrected chi connectivity index (χ4v) is 1.94. The molecule has 0 atom stereocenters. The fraction of sp³-hybridized carbons (Fsp3) is 0.158. The van der Waals surface area contributed by atoms with Crippen molar-refractivity contribution in [1.82, 2.24) is 0 Å². The smallest absolute Gasteiger partial charge is 0.230 e.